The minimum Gasteiger partial charge on any atom is -0.497 e. The number of thiazole rings is 1. The lowest BCUT2D eigenvalue weighted by Crippen LogP contribution is -2.39. The van der Waals surface area contributed by atoms with Crippen molar-refractivity contribution in [1.29, 1.82) is 0 Å². The first kappa shape index (κ1) is 26.2. The zero-order chi connectivity index (χ0) is 26.7. The fraction of sp³-hybridized carbons (Fsp3) is 0.321. The van der Waals surface area contributed by atoms with Crippen LogP contribution >= 0.6 is 11.3 Å². The molecule has 2 heterocycles. The minimum absolute atomic E-state index is 0.0226. The van der Waals surface area contributed by atoms with Crippen molar-refractivity contribution in [3.8, 4) is 17.2 Å². The van der Waals surface area contributed by atoms with Gasteiger partial charge in [-0.25, -0.2) is 9.79 Å². The van der Waals surface area contributed by atoms with Crippen molar-refractivity contribution in [2.24, 2.45) is 4.99 Å². The maximum absolute atomic E-state index is 13.8. The molecular formula is C28H30N2O6S. The van der Waals surface area contributed by atoms with Crippen LogP contribution in [-0.4, -0.2) is 37.5 Å². The van der Waals surface area contributed by atoms with Gasteiger partial charge in [-0.2, -0.15) is 0 Å². The van der Waals surface area contributed by atoms with Gasteiger partial charge in [0.05, 0.1) is 48.8 Å². The van der Waals surface area contributed by atoms with E-state index in [1.165, 1.54) is 11.3 Å². The van der Waals surface area contributed by atoms with Gasteiger partial charge in [0.15, 0.2) is 4.80 Å². The molecule has 194 valence electrons. The molecule has 0 saturated heterocycles. The van der Waals surface area contributed by atoms with Crippen LogP contribution in [0.4, 0.5) is 0 Å². The molecule has 0 saturated carbocycles. The molecule has 1 aromatic heterocycles. The first-order valence-electron chi connectivity index (χ1n) is 12.0. The van der Waals surface area contributed by atoms with E-state index >= 15 is 0 Å². The topological polar surface area (TPSA) is 88.4 Å². The third kappa shape index (κ3) is 5.32. The van der Waals surface area contributed by atoms with E-state index in [-0.39, 0.29) is 18.3 Å². The number of aromatic nitrogens is 1. The fourth-order valence-corrected chi connectivity index (χ4v) is 5.24. The first-order valence-corrected chi connectivity index (χ1v) is 12.8. The van der Waals surface area contributed by atoms with E-state index in [2.05, 4.69) is 4.99 Å². The molecule has 0 amide bonds. The van der Waals surface area contributed by atoms with E-state index in [4.69, 9.17) is 18.9 Å². The molecule has 37 heavy (non-hydrogen) atoms. The molecule has 3 aromatic rings. The van der Waals surface area contributed by atoms with Crippen LogP contribution in [0, 0.1) is 0 Å². The maximum Gasteiger partial charge on any atom is 0.338 e. The maximum atomic E-state index is 13.8. The average Bonchev–Trinajstić information content (AvgIpc) is 3.17. The molecule has 0 fully saturated rings. The van der Waals surface area contributed by atoms with Gasteiger partial charge >= 0.3 is 5.97 Å². The smallest absolute Gasteiger partial charge is 0.338 e. The van der Waals surface area contributed by atoms with Crippen LogP contribution < -0.4 is 29.1 Å². The molecule has 0 radical (unpaired) electrons. The standard InChI is InChI=1S/C28H30N2O6S/c1-7-35-27(32)24-17(4)29-28-30(25(24)18-8-10-20(11-9-18)36-16(2)3)26(31)23(37-28)15-19-14-21(33-5)12-13-22(19)34-6/h8-16,25H,7H2,1-6H3/b23-15-/t25-/m1/s1. The molecular weight excluding hydrogens is 492 g/mol. The second-order valence-corrected chi connectivity index (χ2v) is 9.65. The van der Waals surface area contributed by atoms with Crippen LogP contribution in [0.15, 0.2) is 63.5 Å². The summed E-state index contributed by atoms with van der Waals surface area (Å²) >= 11 is 1.25. The number of carbonyl (C=O) groups is 1. The molecule has 0 aliphatic carbocycles. The Labute approximate surface area is 219 Å². The lowest BCUT2D eigenvalue weighted by Gasteiger charge is -2.25. The highest BCUT2D eigenvalue weighted by Crippen LogP contribution is 2.32. The second kappa shape index (κ2) is 11.0. The molecule has 0 bridgehead atoms. The van der Waals surface area contributed by atoms with E-state index in [1.807, 2.05) is 38.1 Å². The number of rotatable bonds is 8. The molecule has 2 aromatic carbocycles. The molecule has 8 nitrogen and oxygen atoms in total. The van der Waals surface area contributed by atoms with Crippen molar-refractivity contribution in [1.82, 2.24) is 4.57 Å². The van der Waals surface area contributed by atoms with E-state index in [9.17, 15) is 9.59 Å². The Balaban J connectivity index is 1.92. The van der Waals surface area contributed by atoms with Crippen molar-refractivity contribution in [3.63, 3.8) is 0 Å². The van der Waals surface area contributed by atoms with Gasteiger partial charge in [0.1, 0.15) is 17.2 Å². The monoisotopic (exact) mass is 522 g/mol. The highest BCUT2D eigenvalue weighted by atomic mass is 32.1. The predicted octanol–water partition coefficient (Wildman–Crippen LogP) is 3.60. The fourth-order valence-electron chi connectivity index (χ4n) is 4.20. The predicted molar refractivity (Wildman–Crippen MR) is 142 cm³/mol. The highest BCUT2D eigenvalue weighted by molar-refractivity contribution is 7.07. The number of ether oxygens (including phenoxy) is 4. The largest absolute Gasteiger partial charge is 0.497 e. The Morgan fingerprint density at radius 1 is 1.11 bits per heavy atom. The molecule has 0 spiro atoms. The number of esters is 1. The van der Waals surface area contributed by atoms with E-state index in [0.717, 1.165) is 5.56 Å². The molecule has 9 heteroatoms. The summed E-state index contributed by atoms with van der Waals surface area (Å²) in [5, 5.41) is 0. The Kier molecular flexibility index (Phi) is 7.83. The SMILES string of the molecule is CCOC(=O)C1=C(C)N=c2s/c(=C\c3cc(OC)ccc3OC)c(=O)n2[C@@H]1c1ccc(OC(C)C)cc1. The van der Waals surface area contributed by atoms with Crippen molar-refractivity contribution < 1.29 is 23.7 Å². The summed E-state index contributed by atoms with van der Waals surface area (Å²) in [6.45, 7) is 7.63. The average molecular weight is 523 g/mol. The first-order chi connectivity index (χ1) is 17.8. The van der Waals surface area contributed by atoms with E-state index < -0.39 is 12.0 Å². The Hall–Kier alpha value is -3.85. The highest BCUT2D eigenvalue weighted by Gasteiger charge is 2.33. The van der Waals surface area contributed by atoms with Gasteiger partial charge < -0.3 is 18.9 Å². The quantitative estimate of drug-likeness (QED) is 0.420. The zero-order valence-corrected chi connectivity index (χ0v) is 22.5. The number of methoxy groups -OCH3 is 2. The summed E-state index contributed by atoms with van der Waals surface area (Å²) in [6, 6.07) is 12.1. The van der Waals surface area contributed by atoms with Crippen molar-refractivity contribution in [3.05, 3.63) is 84.5 Å². The number of hydrogen-bond donors (Lipinski definition) is 0. The van der Waals surface area contributed by atoms with Crippen LogP contribution in [0.2, 0.25) is 0 Å². The van der Waals surface area contributed by atoms with Crippen LogP contribution in [0.3, 0.4) is 0 Å². The van der Waals surface area contributed by atoms with Crippen LogP contribution in [-0.2, 0) is 9.53 Å². The zero-order valence-electron chi connectivity index (χ0n) is 21.7. The van der Waals surface area contributed by atoms with E-state index in [1.54, 1.807) is 56.9 Å². The number of carbonyl (C=O) groups excluding carboxylic acids is 1. The van der Waals surface area contributed by atoms with E-state index in [0.29, 0.717) is 43.4 Å². The van der Waals surface area contributed by atoms with Crippen molar-refractivity contribution >= 4 is 23.4 Å². The van der Waals surface area contributed by atoms with Gasteiger partial charge in [-0.1, -0.05) is 23.5 Å². The molecule has 1 atom stereocenters. The van der Waals surface area contributed by atoms with Crippen molar-refractivity contribution in [2.45, 2.75) is 39.8 Å². The Bertz CT molecular complexity index is 1520. The third-order valence-electron chi connectivity index (χ3n) is 5.81. The summed E-state index contributed by atoms with van der Waals surface area (Å²) in [5.74, 6) is 1.45. The molecule has 0 N–H and O–H groups in total. The summed E-state index contributed by atoms with van der Waals surface area (Å²) in [4.78, 5) is 32.0. The molecule has 4 rings (SSSR count). The van der Waals surface area contributed by atoms with Gasteiger partial charge in [-0.3, -0.25) is 9.36 Å². The number of hydrogen-bond acceptors (Lipinski definition) is 8. The van der Waals surface area contributed by atoms with Crippen LogP contribution in [0.5, 0.6) is 17.2 Å². The van der Waals surface area contributed by atoms with Gasteiger partial charge in [-0.15, -0.1) is 0 Å². The summed E-state index contributed by atoms with van der Waals surface area (Å²) in [6.07, 6.45) is 1.78. The van der Waals surface area contributed by atoms with Gasteiger partial charge in [0.25, 0.3) is 5.56 Å². The Morgan fingerprint density at radius 3 is 2.43 bits per heavy atom. The summed E-state index contributed by atoms with van der Waals surface area (Å²) < 4.78 is 24.0. The number of benzene rings is 2. The van der Waals surface area contributed by atoms with Crippen LogP contribution in [0.1, 0.15) is 44.9 Å². The second-order valence-electron chi connectivity index (χ2n) is 8.65. The molecule has 1 aliphatic rings. The molecule has 0 unspecified atom stereocenters. The van der Waals surface area contributed by atoms with Gasteiger partial charge in [0, 0.05) is 5.56 Å². The number of fused-ring (bicyclic) bond motifs is 1. The third-order valence-corrected chi connectivity index (χ3v) is 6.79. The van der Waals surface area contributed by atoms with Crippen molar-refractivity contribution in [2.75, 3.05) is 20.8 Å². The lowest BCUT2D eigenvalue weighted by molar-refractivity contribution is -0.139. The number of allylic oxidation sites excluding steroid dienone is 1. The Morgan fingerprint density at radius 2 is 1.81 bits per heavy atom. The van der Waals surface area contributed by atoms with Gasteiger partial charge in [-0.05, 0) is 69.7 Å². The molecule has 1 aliphatic heterocycles. The van der Waals surface area contributed by atoms with Crippen LogP contribution in [0.25, 0.3) is 6.08 Å². The van der Waals surface area contributed by atoms with Gasteiger partial charge in [0.2, 0.25) is 0 Å². The normalized spacial score (nSPS) is 15.3. The number of nitrogens with zero attached hydrogens (tertiary/aromatic N) is 2. The lowest BCUT2D eigenvalue weighted by atomic mass is 9.96. The minimum atomic E-state index is -0.697. The summed E-state index contributed by atoms with van der Waals surface area (Å²) in [7, 11) is 3.15. The summed E-state index contributed by atoms with van der Waals surface area (Å²) in [5.41, 5.74) is 2.02.